The molecule has 0 aromatic heterocycles. The summed E-state index contributed by atoms with van der Waals surface area (Å²) in [5.74, 6) is -0.741. The summed E-state index contributed by atoms with van der Waals surface area (Å²) >= 11 is 0. The fourth-order valence-corrected chi connectivity index (χ4v) is 4.02. The van der Waals surface area contributed by atoms with E-state index < -0.39 is 5.54 Å². The van der Waals surface area contributed by atoms with Crippen LogP contribution in [0.5, 0.6) is 0 Å². The molecule has 1 N–H and O–H groups in total. The molecule has 1 aliphatic heterocycles. The standard InChI is InChI=1S/C26H25FN2O2/c1-18-7-9-19(10-8-18)16-28-25(31)26(2)15-21-5-3-4-6-23(21)24(30)29(26)17-20-11-13-22(27)14-12-20/h3-14H,15-17H2,1-2H3,(H,28,31). The van der Waals surface area contributed by atoms with Crippen LogP contribution in [0.1, 0.15) is 39.5 Å². The van der Waals surface area contributed by atoms with E-state index in [0.717, 1.165) is 22.3 Å². The maximum Gasteiger partial charge on any atom is 0.255 e. The molecule has 0 fully saturated rings. The van der Waals surface area contributed by atoms with Crippen LogP contribution in [0.3, 0.4) is 0 Å². The second-order valence-electron chi connectivity index (χ2n) is 8.29. The lowest BCUT2D eigenvalue weighted by Gasteiger charge is -2.44. The summed E-state index contributed by atoms with van der Waals surface area (Å²) in [6.45, 7) is 4.42. The van der Waals surface area contributed by atoms with Gasteiger partial charge in [0.15, 0.2) is 0 Å². The van der Waals surface area contributed by atoms with E-state index in [-0.39, 0.29) is 24.2 Å². The summed E-state index contributed by atoms with van der Waals surface area (Å²) in [5.41, 5.74) is 3.32. The molecule has 158 valence electrons. The number of hydrogen-bond donors (Lipinski definition) is 1. The van der Waals surface area contributed by atoms with Gasteiger partial charge in [0.1, 0.15) is 11.4 Å². The van der Waals surface area contributed by atoms with Crippen molar-refractivity contribution in [2.75, 3.05) is 0 Å². The summed E-state index contributed by atoms with van der Waals surface area (Å²) < 4.78 is 13.4. The number of fused-ring (bicyclic) bond motifs is 1. The minimum Gasteiger partial charge on any atom is -0.350 e. The lowest BCUT2D eigenvalue weighted by Crippen LogP contribution is -2.62. The molecule has 5 heteroatoms. The van der Waals surface area contributed by atoms with Gasteiger partial charge in [-0.1, -0.05) is 60.2 Å². The highest BCUT2D eigenvalue weighted by atomic mass is 19.1. The van der Waals surface area contributed by atoms with Crippen LogP contribution >= 0.6 is 0 Å². The van der Waals surface area contributed by atoms with E-state index in [4.69, 9.17) is 0 Å². The summed E-state index contributed by atoms with van der Waals surface area (Å²) in [4.78, 5) is 28.4. The fraction of sp³-hybridized carbons (Fsp3) is 0.231. The van der Waals surface area contributed by atoms with Crippen molar-refractivity contribution in [2.45, 2.75) is 38.9 Å². The van der Waals surface area contributed by atoms with E-state index in [0.29, 0.717) is 18.5 Å². The Hall–Kier alpha value is -3.47. The van der Waals surface area contributed by atoms with Crippen LogP contribution in [-0.4, -0.2) is 22.3 Å². The smallest absolute Gasteiger partial charge is 0.255 e. The first-order chi connectivity index (χ1) is 14.9. The van der Waals surface area contributed by atoms with Crippen LogP contribution in [0, 0.1) is 12.7 Å². The Morgan fingerprint density at radius 2 is 1.65 bits per heavy atom. The van der Waals surface area contributed by atoms with Gasteiger partial charge in [-0.25, -0.2) is 4.39 Å². The Morgan fingerprint density at radius 1 is 1.00 bits per heavy atom. The second-order valence-corrected chi connectivity index (χ2v) is 8.29. The first-order valence-corrected chi connectivity index (χ1v) is 10.3. The highest BCUT2D eigenvalue weighted by Gasteiger charge is 2.46. The molecule has 3 aromatic carbocycles. The Bertz CT molecular complexity index is 1110. The van der Waals surface area contributed by atoms with Gasteiger partial charge in [-0.15, -0.1) is 0 Å². The molecule has 0 bridgehead atoms. The number of benzene rings is 3. The van der Waals surface area contributed by atoms with E-state index in [1.54, 1.807) is 30.0 Å². The molecule has 0 saturated heterocycles. The predicted octanol–water partition coefficient (Wildman–Crippen LogP) is 4.41. The van der Waals surface area contributed by atoms with Crippen molar-refractivity contribution < 1.29 is 14.0 Å². The Balaban J connectivity index is 1.63. The van der Waals surface area contributed by atoms with Crippen LogP contribution in [0.4, 0.5) is 4.39 Å². The maximum absolute atomic E-state index is 13.4. The Kier molecular flexibility index (Phi) is 5.59. The van der Waals surface area contributed by atoms with E-state index in [9.17, 15) is 14.0 Å². The first kappa shape index (κ1) is 20.8. The summed E-state index contributed by atoms with van der Waals surface area (Å²) in [5, 5.41) is 3.01. The number of nitrogens with one attached hydrogen (secondary N) is 1. The molecule has 1 unspecified atom stereocenters. The molecule has 1 atom stereocenters. The lowest BCUT2D eigenvalue weighted by atomic mass is 9.82. The molecule has 4 nitrogen and oxygen atoms in total. The Morgan fingerprint density at radius 3 is 2.35 bits per heavy atom. The zero-order chi connectivity index (χ0) is 22.0. The van der Waals surface area contributed by atoms with Crippen molar-refractivity contribution >= 4 is 11.8 Å². The molecular formula is C26H25FN2O2. The first-order valence-electron chi connectivity index (χ1n) is 10.3. The average Bonchev–Trinajstić information content (AvgIpc) is 2.77. The van der Waals surface area contributed by atoms with E-state index in [1.165, 1.54) is 12.1 Å². The SMILES string of the molecule is Cc1ccc(CNC(=O)C2(C)Cc3ccccc3C(=O)N2Cc2ccc(F)cc2)cc1. The molecule has 31 heavy (non-hydrogen) atoms. The molecule has 2 amide bonds. The number of aryl methyl sites for hydroxylation is 1. The largest absolute Gasteiger partial charge is 0.350 e. The molecule has 0 radical (unpaired) electrons. The van der Waals surface area contributed by atoms with Gasteiger partial charge in [0, 0.05) is 25.1 Å². The highest BCUT2D eigenvalue weighted by molar-refractivity contribution is 6.02. The van der Waals surface area contributed by atoms with Crippen molar-refractivity contribution in [3.63, 3.8) is 0 Å². The minimum atomic E-state index is -1.06. The molecule has 1 aliphatic rings. The lowest BCUT2D eigenvalue weighted by molar-refractivity contribution is -0.132. The van der Waals surface area contributed by atoms with Gasteiger partial charge < -0.3 is 10.2 Å². The van der Waals surface area contributed by atoms with Crippen molar-refractivity contribution in [1.82, 2.24) is 10.2 Å². The topological polar surface area (TPSA) is 49.4 Å². The highest BCUT2D eigenvalue weighted by Crippen LogP contribution is 2.33. The summed E-state index contributed by atoms with van der Waals surface area (Å²) in [7, 11) is 0. The number of nitrogens with zero attached hydrogens (tertiary/aromatic N) is 1. The monoisotopic (exact) mass is 416 g/mol. The quantitative estimate of drug-likeness (QED) is 0.670. The third-order valence-electron chi connectivity index (χ3n) is 5.94. The molecular weight excluding hydrogens is 391 g/mol. The molecule has 0 spiro atoms. The van der Waals surface area contributed by atoms with Gasteiger partial charge in [-0.3, -0.25) is 9.59 Å². The number of carbonyl (C=O) groups is 2. The fourth-order valence-electron chi connectivity index (χ4n) is 4.02. The number of carbonyl (C=O) groups excluding carboxylic acids is 2. The van der Waals surface area contributed by atoms with Crippen molar-refractivity contribution in [2.24, 2.45) is 0 Å². The van der Waals surface area contributed by atoms with E-state index in [2.05, 4.69) is 5.32 Å². The van der Waals surface area contributed by atoms with Gasteiger partial charge in [0.25, 0.3) is 5.91 Å². The molecule has 1 heterocycles. The van der Waals surface area contributed by atoms with Crippen LogP contribution in [0.25, 0.3) is 0 Å². The van der Waals surface area contributed by atoms with Gasteiger partial charge >= 0.3 is 0 Å². The minimum absolute atomic E-state index is 0.195. The van der Waals surface area contributed by atoms with Gasteiger partial charge in [-0.2, -0.15) is 0 Å². The molecule has 4 rings (SSSR count). The number of hydrogen-bond acceptors (Lipinski definition) is 2. The van der Waals surface area contributed by atoms with E-state index in [1.807, 2.05) is 49.4 Å². The zero-order valence-corrected chi connectivity index (χ0v) is 17.7. The van der Waals surface area contributed by atoms with Gasteiger partial charge in [0.2, 0.25) is 5.91 Å². The summed E-state index contributed by atoms with van der Waals surface area (Å²) in [6.07, 6.45) is 0.413. The molecule has 0 aliphatic carbocycles. The number of amides is 2. The zero-order valence-electron chi connectivity index (χ0n) is 17.7. The third-order valence-corrected chi connectivity index (χ3v) is 5.94. The average molecular weight is 416 g/mol. The van der Waals surface area contributed by atoms with Gasteiger partial charge in [-0.05, 0) is 48.7 Å². The Labute approximate surface area is 181 Å². The van der Waals surface area contributed by atoms with Gasteiger partial charge in [0.05, 0.1) is 0 Å². The third kappa shape index (κ3) is 4.22. The van der Waals surface area contributed by atoms with Crippen molar-refractivity contribution in [1.29, 1.82) is 0 Å². The van der Waals surface area contributed by atoms with Crippen LogP contribution < -0.4 is 5.32 Å². The molecule has 3 aromatic rings. The number of halogens is 1. The normalized spacial score (nSPS) is 17.9. The van der Waals surface area contributed by atoms with Crippen LogP contribution in [0.15, 0.2) is 72.8 Å². The van der Waals surface area contributed by atoms with Crippen LogP contribution in [-0.2, 0) is 24.3 Å². The summed E-state index contributed by atoms with van der Waals surface area (Å²) in [6, 6.07) is 21.4. The van der Waals surface area contributed by atoms with E-state index >= 15 is 0 Å². The predicted molar refractivity (Wildman–Crippen MR) is 118 cm³/mol. The second kappa shape index (κ2) is 8.34. The van der Waals surface area contributed by atoms with Crippen LogP contribution in [0.2, 0.25) is 0 Å². The van der Waals surface area contributed by atoms with Crippen molar-refractivity contribution in [3.8, 4) is 0 Å². The van der Waals surface area contributed by atoms with Crippen molar-refractivity contribution in [3.05, 3.63) is 106 Å². The molecule has 0 saturated carbocycles. The maximum atomic E-state index is 13.4. The number of rotatable bonds is 5.